The molecular weight excluding hydrogens is 276 g/mol. The summed E-state index contributed by atoms with van der Waals surface area (Å²) in [7, 11) is 0. The first kappa shape index (κ1) is 14.3. The molecule has 104 valence electrons. The summed E-state index contributed by atoms with van der Waals surface area (Å²) >= 11 is 5.83. The normalized spacial score (nSPS) is 11.0. The lowest BCUT2D eigenvalue weighted by atomic mass is 10.0. The fourth-order valence-corrected chi connectivity index (χ4v) is 1.89. The van der Waals surface area contributed by atoms with E-state index in [0.717, 1.165) is 11.1 Å². The average molecular weight is 291 g/mol. The summed E-state index contributed by atoms with van der Waals surface area (Å²) in [5.74, 6) is 0. The number of halogens is 1. The minimum Gasteiger partial charge on any atom is -0.275 e. The van der Waals surface area contributed by atoms with E-state index < -0.39 is 5.56 Å². The van der Waals surface area contributed by atoms with Crippen molar-refractivity contribution in [1.82, 2.24) is 10.2 Å². The van der Waals surface area contributed by atoms with Crippen molar-refractivity contribution in [2.24, 2.45) is 5.10 Å². The van der Waals surface area contributed by atoms with E-state index >= 15 is 0 Å². The maximum absolute atomic E-state index is 11.3. The van der Waals surface area contributed by atoms with Crippen molar-refractivity contribution < 1.29 is 0 Å². The van der Waals surface area contributed by atoms with Crippen LogP contribution in [0.5, 0.6) is 0 Å². The predicted molar refractivity (Wildman–Crippen MR) is 81.7 cm³/mol. The molecule has 0 spiro atoms. The van der Waals surface area contributed by atoms with Crippen molar-refractivity contribution in [2.45, 2.75) is 20.8 Å². The van der Waals surface area contributed by atoms with Gasteiger partial charge in [0.25, 0.3) is 5.56 Å². The highest BCUT2D eigenvalue weighted by atomic mass is 35.5. The van der Waals surface area contributed by atoms with Crippen molar-refractivity contribution in [3.05, 3.63) is 56.0 Å². The van der Waals surface area contributed by atoms with Gasteiger partial charge in [-0.05, 0) is 49.1 Å². The summed E-state index contributed by atoms with van der Waals surface area (Å²) in [6.45, 7) is 6.15. The van der Waals surface area contributed by atoms with Gasteiger partial charge in [-0.3, -0.25) is 10.2 Å². The molecule has 0 bridgehead atoms. The molecule has 1 aromatic carbocycles. The van der Waals surface area contributed by atoms with Gasteiger partial charge in [0.1, 0.15) is 10.7 Å². The molecule has 20 heavy (non-hydrogen) atoms. The van der Waals surface area contributed by atoms with Crippen molar-refractivity contribution in [1.29, 1.82) is 0 Å². The van der Waals surface area contributed by atoms with Gasteiger partial charge in [-0.25, -0.2) is 5.10 Å². The summed E-state index contributed by atoms with van der Waals surface area (Å²) in [6.07, 6.45) is 3.10. The van der Waals surface area contributed by atoms with Crippen molar-refractivity contribution in [3.8, 4) is 0 Å². The molecule has 0 aliphatic carbocycles. The van der Waals surface area contributed by atoms with Crippen LogP contribution in [0.3, 0.4) is 0 Å². The van der Waals surface area contributed by atoms with E-state index in [-0.39, 0.29) is 5.02 Å². The van der Waals surface area contributed by atoms with E-state index in [0.29, 0.717) is 5.69 Å². The lowest BCUT2D eigenvalue weighted by Crippen LogP contribution is -2.10. The van der Waals surface area contributed by atoms with Gasteiger partial charge in [-0.15, -0.1) is 0 Å². The van der Waals surface area contributed by atoms with Crippen LogP contribution in [0.25, 0.3) is 0 Å². The number of benzene rings is 1. The third-order valence-corrected chi connectivity index (χ3v) is 3.44. The van der Waals surface area contributed by atoms with Gasteiger partial charge in [0, 0.05) is 0 Å². The first-order valence-corrected chi connectivity index (χ1v) is 6.47. The number of aromatic nitrogens is 2. The van der Waals surface area contributed by atoms with Crippen molar-refractivity contribution in [3.63, 3.8) is 0 Å². The molecule has 0 saturated heterocycles. The van der Waals surface area contributed by atoms with Crippen LogP contribution < -0.4 is 11.0 Å². The number of nitrogens with one attached hydrogen (secondary N) is 2. The number of aromatic amines is 1. The molecule has 0 aliphatic rings. The molecule has 0 radical (unpaired) electrons. The first-order valence-electron chi connectivity index (χ1n) is 6.09. The van der Waals surface area contributed by atoms with Crippen molar-refractivity contribution >= 4 is 23.5 Å². The van der Waals surface area contributed by atoms with Crippen LogP contribution in [-0.2, 0) is 0 Å². The quantitative estimate of drug-likeness (QED) is 0.674. The lowest BCUT2D eigenvalue weighted by molar-refractivity contribution is 0.987. The first-order chi connectivity index (χ1) is 9.49. The predicted octanol–water partition coefficient (Wildman–Crippen LogP) is 2.79. The zero-order valence-electron chi connectivity index (χ0n) is 11.5. The SMILES string of the molecule is Cc1cc(C)c(/C=N\Nc2cn[nH]c(=O)c2Cl)cc1C. The Labute approximate surface area is 121 Å². The third-order valence-electron chi connectivity index (χ3n) is 3.07. The molecule has 5 nitrogen and oxygen atoms in total. The molecule has 0 amide bonds. The van der Waals surface area contributed by atoms with Crippen molar-refractivity contribution in [2.75, 3.05) is 5.43 Å². The number of rotatable bonds is 3. The molecule has 0 saturated carbocycles. The summed E-state index contributed by atoms with van der Waals surface area (Å²) in [5.41, 5.74) is 7.23. The standard InChI is InChI=1S/C14H15ClN4O/c1-8-4-10(3)11(5-9(8)2)6-16-18-12-7-17-19-14(20)13(12)15/h4-7H,1-3H3,(H2,18,19,20)/b16-6-. The molecular formula is C14H15ClN4O. The van der Waals surface area contributed by atoms with E-state index in [9.17, 15) is 4.79 Å². The van der Waals surface area contributed by atoms with E-state index in [1.807, 2.05) is 6.92 Å². The van der Waals surface area contributed by atoms with Crippen LogP contribution in [0.1, 0.15) is 22.3 Å². The average Bonchev–Trinajstić information content (AvgIpc) is 2.40. The van der Waals surface area contributed by atoms with Gasteiger partial charge in [-0.1, -0.05) is 17.7 Å². The van der Waals surface area contributed by atoms with Gasteiger partial charge in [0.15, 0.2) is 0 Å². The molecule has 2 N–H and O–H groups in total. The highest BCUT2D eigenvalue weighted by Gasteiger charge is 2.03. The Kier molecular flexibility index (Phi) is 4.20. The van der Waals surface area contributed by atoms with Gasteiger partial charge in [0.2, 0.25) is 0 Å². The second-order valence-corrected chi connectivity index (χ2v) is 4.97. The smallest absolute Gasteiger partial charge is 0.275 e. The number of aryl methyl sites for hydroxylation is 3. The van der Waals surface area contributed by atoms with Crippen LogP contribution in [0.4, 0.5) is 5.69 Å². The Morgan fingerprint density at radius 3 is 2.70 bits per heavy atom. The fraction of sp³-hybridized carbons (Fsp3) is 0.214. The Hall–Kier alpha value is -2.14. The number of nitrogens with zero attached hydrogens (tertiary/aromatic N) is 2. The van der Waals surface area contributed by atoms with Gasteiger partial charge in [0.05, 0.1) is 12.4 Å². The highest BCUT2D eigenvalue weighted by Crippen LogP contribution is 2.15. The van der Waals surface area contributed by atoms with Gasteiger partial charge < -0.3 is 0 Å². The minimum atomic E-state index is -0.450. The Morgan fingerprint density at radius 2 is 1.95 bits per heavy atom. The van der Waals surface area contributed by atoms with Crippen LogP contribution in [0.15, 0.2) is 28.2 Å². The summed E-state index contributed by atoms with van der Waals surface area (Å²) in [5, 5.41) is 10.0. The van der Waals surface area contributed by atoms with E-state index in [1.54, 1.807) is 6.21 Å². The number of hydrogen-bond acceptors (Lipinski definition) is 4. The second-order valence-electron chi connectivity index (χ2n) is 4.59. The maximum atomic E-state index is 11.3. The molecule has 2 rings (SSSR count). The van der Waals surface area contributed by atoms with E-state index in [1.165, 1.54) is 17.3 Å². The molecule has 6 heteroatoms. The molecule has 0 atom stereocenters. The Bertz CT molecular complexity index is 722. The summed E-state index contributed by atoms with van der Waals surface area (Å²) in [4.78, 5) is 11.3. The lowest BCUT2D eigenvalue weighted by Gasteiger charge is -2.06. The van der Waals surface area contributed by atoms with E-state index in [2.05, 4.69) is 46.7 Å². The minimum absolute atomic E-state index is 0.0361. The van der Waals surface area contributed by atoms with Gasteiger partial charge >= 0.3 is 0 Å². The van der Waals surface area contributed by atoms with Gasteiger partial charge in [-0.2, -0.15) is 10.2 Å². The molecule has 1 heterocycles. The van der Waals surface area contributed by atoms with Crippen LogP contribution in [-0.4, -0.2) is 16.4 Å². The maximum Gasteiger partial charge on any atom is 0.285 e. The zero-order chi connectivity index (χ0) is 14.7. The van der Waals surface area contributed by atoms with Crippen LogP contribution >= 0.6 is 11.6 Å². The number of hydrogen-bond donors (Lipinski definition) is 2. The monoisotopic (exact) mass is 290 g/mol. The topological polar surface area (TPSA) is 70.1 Å². The molecule has 0 unspecified atom stereocenters. The summed E-state index contributed by atoms with van der Waals surface area (Å²) < 4.78 is 0. The number of H-pyrrole nitrogens is 1. The molecule has 2 aromatic rings. The molecule has 0 fully saturated rings. The van der Waals surface area contributed by atoms with Crippen LogP contribution in [0, 0.1) is 20.8 Å². The highest BCUT2D eigenvalue weighted by molar-refractivity contribution is 6.32. The molecule has 1 aromatic heterocycles. The van der Waals surface area contributed by atoms with Crippen LogP contribution in [0.2, 0.25) is 5.02 Å². The second kappa shape index (κ2) is 5.88. The summed E-state index contributed by atoms with van der Waals surface area (Å²) in [6, 6.07) is 4.17. The Morgan fingerprint density at radius 1 is 1.25 bits per heavy atom. The largest absolute Gasteiger partial charge is 0.285 e. The zero-order valence-corrected chi connectivity index (χ0v) is 12.2. The fourth-order valence-electron chi connectivity index (χ4n) is 1.75. The number of hydrazone groups is 1. The van der Waals surface area contributed by atoms with E-state index in [4.69, 9.17) is 11.6 Å². The Balaban J connectivity index is 2.21. The number of anilines is 1. The molecule has 0 aliphatic heterocycles. The third kappa shape index (κ3) is 3.05.